The molecule has 0 spiro atoms. The van der Waals surface area contributed by atoms with Crippen LogP contribution in [0.25, 0.3) is 0 Å². The molecule has 1 aromatic rings. The summed E-state index contributed by atoms with van der Waals surface area (Å²) in [5.41, 5.74) is 3.22. The number of hydrogen-bond acceptors (Lipinski definition) is 3. The zero-order valence-electron chi connectivity index (χ0n) is 11.4. The van der Waals surface area contributed by atoms with E-state index in [1.54, 1.807) is 33.4 Å². The van der Waals surface area contributed by atoms with Crippen LogP contribution >= 0.6 is 0 Å². The molecule has 100 valence electrons. The van der Waals surface area contributed by atoms with Crippen molar-refractivity contribution in [2.24, 2.45) is 0 Å². The number of methoxy groups -OCH3 is 1. The minimum Gasteiger partial charge on any atom is -0.388 e. The fourth-order valence-electron chi connectivity index (χ4n) is 0.964. The molecule has 0 amide bonds. The first kappa shape index (κ1) is 18.4. The predicted molar refractivity (Wildman–Crippen MR) is 69.4 cm³/mol. The highest BCUT2D eigenvalue weighted by Crippen LogP contribution is 2.06. The highest BCUT2D eigenvalue weighted by atomic mass is 19.1. The van der Waals surface area contributed by atoms with E-state index in [1.165, 1.54) is 6.07 Å². The molecule has 0 saturated carbocycles. The molecule has 1 rings (SSSR count). The molecular formula is C13H24FNO2. The van der Waals surface area contributed by atoms with Crippen LogP contribution in [0.15, 0.2) is 24.3 Å². The molecule has 17 heavy (non-hydrogen) atoms. The molecule has 1 N–H and O–H groups in total. The molecule has 0 aromatic heterocycles. The molecule has 0 unspecified atom stereocenters. The average molecular weight is 245 g/mol. The van der Waals surface area contributed by atoms with Gasteiger partial charge in [0.15, 0.2) is 0 Å². The molecule has 3 nitrogen and oxygen atoms in total. The maximum atomic E-state index is 12.9. The van der Waals surface area contributed by atoms with Crippen molar-refractivity contribution in [1.29, 1.82) is 0 Å². The fourth-order valence-corrected chi connectivity index (χ4v) is 0.964. The van der Waals surface area contributed by atoms with E-state index in [9.17, 15) is 4.39 Å². The molecule has 4 heteroatoms. The van der Waals surface area contributed by atoms with Gasteiger partial charge in [0.25, 0.3) is 0 Å². The lowest BCUT2D eigenvalue weighted by atomic mass is 10.1. The summed E-state index contributed by atoms with van der Waals surface area (Å²) in [6, 6.07) is 6.71. The molecule has 0 fully saturated rings. The first-order chi connectivity index (χ1) is 8.26. The molecule has 0 aliphatic carbocycles. The third kappa shape index (κ3) is 11.3. The molecule has 0 radical (unpaired) electrons. The Kier molecular flexibility index (Phi) is 16.3. The standard InChI is InChI=1S/C9H12FNO.C2H6O.C2H6/c1-11-12-7-6-8-4-2-3-5-9(8)10;1-3-2;1-2/h2-5,11H,6-7H2,1H3;1-2H3;1-2H3. The minimum absolute atomic E-state index is 0.169. The van der Waals surface area contributed by atoms with E-state index in [4.69, 9.17) is 4.84 Å². The van der Waals surface area contributed by atoms with Crippen LogP contribution in [-0.4, -0.2) is 27.9 Å². The van der Waals surface area contributed by atoms with Gasteiger partial charge in [-0.05, 0) is 11.6 Å². The zero-order valence-corrected chi connectivity index (χ0v) is 11.4. The minimum atomic E-state index is -0.169. The number of halogens is 1. The van der Waals surface area contributed by atoms with Crippen molar-refractivity contribution in [2.45, 2.75) is 20.3 Å². The number of nitrogens with one attached hydrogen (secondary N) is 1. The summed E-state index contributed by atoms with van der Waals surface area (Å²) >= 11 is 0. The van der Waals surface area contributed by atoms with E-state index < -0.39 is 0 Å². The van der Waals surface area contributed by atoms with E-state index in [0.29, 0.717) is 18.6 Å². The van der Waals surface area contributed by atoms with Gasteiger partial charge in [0, 0.05) is 27.7 Å². The molecule has 1 aromatic carbocycles. The Morgan fingerprint density at radius 1 is 1.18 bits per heavy atom. The lowest BCUT2D eigenvalue weighted by Gasteiger charge is -2.02. The Morgan fingerprint density at radius 3 is 2.18 bits per heavy atom. The Hall–Kier alpha value is -0.970. The first-order valence-corrected chi connectivity index (χ1v) is 5.68. The summed E-state index contributed by atoms with van der Waals surface area (Å²) in [5.74, 6) is -0.169. The molecular weight excluding hydrogens is 221 g/mol. The quantitative estimate of drug-likeness (QED) is 0.653. The van der Waals surface area contributed by atoms with Gasteiger partial charge in [-0.15, -0.1) is 0 Å². The van der Waals surface area contributed by atoms with Crippen LogP contribution in [0.5, 0.6) is 0 Å². The van der Waals surface area contributed by atoms with Gasteiger partial charge in [0.05, 0.1) is 6.61 Å². The Balaban J connectivity index is 0. The predicted octanol–water partition coefficient (Wildman–Crippen LogP) is 2.81. The van der Waals surface area contributed by atoms with Crippen molar-refractivity contribution in [3.8, 4) is 0 Å². The summed E-state index contributed by atoms with van der Waals surface area (Å²) in [6.07, 6.45) is 0.591. The summed E-state index contributed by atoms with van der Waals surface area (Å²) < 4.78 is 17.2. The lowest BCUT2D eigenvalue weighted by Crippen LogP contribution is -2.10. The van der Waals surface area contributed by atoms with Gasteiger partial charge < -0.3 is 9.57 Å². The number of benzene rings is 1. The second-order valence-electron chi connectivity index (χ2n) is 2.80. The molecule has 0 aliphatic heterocycles. The van der Waals surface area contributed by atoms with Crippen molar-refractivity contribution in [3.63, 3.8) is 0 Å². The van der Waals surface area contributed by atoms with E-state index in [2.05, 4.69) is 10.2 Å². The third-order valence-corrected chi connectivity index (χ3v) is 1.58. The van der Waals surface area contributed by atoms with Gasteiger partial charge in [-0.1, -0.05) is 32.0 Å². The highest BCUT2D eigenvalue weighted by Gasteiger charge is 1.98. The Labute approximate surface area is 104 Å². The van der Waals surface area contributed by atoms with Crippen molar-refractivity contribution >= 4 is 0 Å². The number of rotatable bonds is 4. The molecule has 0 saturated heterocycles. The van der Waals surface area contributed by atoms with E-state index >= 15 is 0 Å². The monoisotopic (exact) mass is 245 g/mol. The van der Waals surface area contributed by atoms with Crippen molar-refractivity contribution < 1.29 is 14.0 Å². The number of hydrogen-bond donors (Lipinski definition) is 1. The van der Waals surface area contributed by atoms with Gasteiger partial charge >= 0.3 is 0 Å². The summed E-state index contributed by atoms with van der Waals surface area (Å²) in [5, 5.41) is 0. The first-order valence-electron chi connectivity index (χ1n) is 5.68. The van der Waals surface area contributed by atoms with Gasteiger partial charge in [-0.2, -0.15) is 0 Å². The summed E-state index contributed by atoms with van der Waals surface area (Å²) in [4.78, 5) is 4.88. The van der Waals surface area contributed by atoms with Crippen LogP contribution < -0.4 is 5.48 Å². The molecule has 0 bridgehead atoms. The topological polar surface area (TPSA) is 30.5 Å². The maximum absolute atomic E-state index is 12.9. The van der Waals surface area contributed by atoms with Gasteiger partial charge in [-0.25, -0.2) is 9.87 Å². The zero-order chi connectivity index (χ0) is 13.5. The smallest absolute Gasteiger partial charge is 0.126 e. The maximum Gasteiger partial charge on any atom is 0.126 e. The fraction of sp³-hybridized carbons (Fsp3) is 0.538. The van der Waals surface area contributed by atoms with Crippen LogP contribution in [-0.2, 0) is 16.0 Å². The number of hydroxylamine groups is 1. The van der Waals surface area contributed by atoms with Crippen LogP contribution in [0.2, 0.25) is 0 Å². The molecule has 0 heterocycles. The number of ether oxygens (including phenoxy) is 1. The molecule has 0 atom stereocenters. The van der Waals surface area contributed by atoms with E-state index in [1.807, 2.05) is 19.9 Å². The average Bonchev–Trinajstić information content (AvgIpc) is 2.35. The SMILES string of the molecule is CC.CNOCCc1ccccc1F.COC. The van der Waals surface area contributed by atoms with Gasteiger partial charge in [-0.3, -0.25) is 0 Å². The largest absolute Gasteiger partial charge is 0.388 e. The Bertz CT molecular complexity index is 257. The second kappa shape index (κ2) is 15.0. The lowest BCUT2D eigenvalue weighted by molar-refractivity contribution is 0.0600. The van der Waals surface area contributed by atoms with Crippen molar-refractivity contribution in [1.82, 2.24) is 5.48 Å². The summed E-state index contributed by atoms with van der Waals surface area (Å²) in [6.45, 7) is 4.48. The van der Waals surface area contributed by atoms with Crippen LogP contribution in [0.3, 0.4) is 0 Å². The third-order valence-electron chi connectivity index (χ3n) is 1.58. The van der Waals surface area contributed by atoms with Gasteiger partial charge in [0.1, 0.15) is 5.82 Å². The van der Waals surface area contributed by atoms with E-state index in [-0.39, 0.29) is 5.82 Å². The normalized spacial score (nSPS) is 8.59. The molecule has 0 aliphatic rings. The highest BCUT2D eigenvalue weighted by molar-refractivity contribution is 5.17. The van der Waals surface area contributed by atoms with Gasteiger partial charge in [0.2, 0.25) is 0 Å². The Morgan fingerprint density at radius 2 is 1.71 bits per heavy atom. The van der Waals surface area contributed by atoms with Crippen LogP contribution in [0.1, 0.15) is 19.4 Å². The van der Waals surface area contributed by atoms with Crippen LogP contribution in [0.4, 0.5) is 4.39 Å². The van der Waals surface area contributed by atoms with Crippen molar-refractivity contribution in [3.05, 3.63) is 35.6 Å². The van der Waals surface area contributed by atoms with Crippen LogP contribution in [0, 0.1) is 5.82 Å². The van der Waals surface area contributed by atoms with E-state index in [0.717, 1.165) is 0 Å². The summed E-state index contributed by atoms with van der Waals surface area (Å²) in [7, 11) is 4.93. The van der Waals surface area contributed by atoms with Crippen molar-refractivity contribution in [2.75, 3.05) is 27.9 Å². The second-order valence-corrected chi connectivity index (χ2v) is 2.80.